The molecule has 0 radical (unpaired) electrons. The van der Waals surface area contributed by atoms with Gasteiger partial charge in [0, 0.05) is 10.5 Å². The van der Waals surface area contributed by atoms with Crippen molar-refractivity contribution < 1.29 is 0 Å². The van der Waals surface area contributed by atoms with Gasteiger partial charge in [-0.15, -0.1) is 0 Å². The zero-order valence-electron chi connectivity index (χ0n) is 14.1. The van der Waals surface area contributed by atoms with Crippen LogP contribution in [0.15, 0.2) is 16.6 Å². The van der Waals surface area contributed by atoms with Gasteiger partial charge >= 0.3 is 0 Å². The number of rotatable bonds is 5. The molecule has 0 aromatic heterocycles. The third-order valence-corrected chi connectivity index (χ3v) is 6.00. The Bertz CT molecular complexity index is 475. The number of benzene rings is 1. The maximum Gasteiger partial charge on any atom is 0.0377 e. The highest BCUT2D eigenvalue weighted by Crippen LogP contribution is 2.46. The Labute approximate surface area is 139 Å². The Balaban J connectivity index is 2.37. The van der Waals surface area contributed by atoms with Crippen molar-refractivity contribution in [3.05, 3.63) is 33.3 Å². The summed E-state index contributed by atoms with van der Waals surface area (Å²) in [5.41, 5.74) is 4.66. The summed E-state index contributed by atoms with van der Waals surface area (Å²) in [7, 11) is 0. The van der Waals surface area contributed by atoms with E-state index in [4.69, 9.17) is 0 Å². The molecule has 2 heteroatoms. The molecule has 1 N–H and O–H groups in total. The molecule has 0 saturated heterocycles. The SMILES string of the molecule is CCCNC(c1cc(C)c(Br)cc1C)C1(C)CCCCC1. The van der Waals surface area contributed by atoms with Crippen molar-refractivity contribution in [3.63, 3.8) is 0 Å². The van der Waals surface area contributed by atoms with Gasteiger partial charge in [0.2, 0.25) is 0 Å². The van der Waals surface area contributed by atoms with Crippen molar-refractivity contribution >= 4 is 15.9 Å². The summed E-state index contributed by atoms with van der Waals surface area (Å²) >= 11 is 3.67. The van der Waals surface area contributed by atoms with Gasteiger partial charge in [0.15, 0.2) is 0 Å². The number of halogens is 1. The van der Waals surface area contributed by atoms with Gasteiger partial charge in [-0.25, -0.2) is 0 Å². The number of hydrogen-bond acceptors (Lipinski definition) is 1. The van der Waals surface area contributed by atoms with Crippen LogP contribution in [-0.2, 0) is 0 Å². The molecule has 1 aromatic rings. The van der Waals surface area contributed by atoms with E-state index < -0.39 is 0 Å². The van der Waals surface area contributed by atoms with Crippen LogP contribution in [-0.4, -0.2) is 6.54 Å². The number of nitrogens with one attached hydrogen (secondary N) is 1. The molecule has 1 fully saturated rings. The minimum Gasteiger partial charge on any atom is -0.309 e. The number of hydrogen-bond donors (Lipinski definition) is 1. The maximum atomic E-state index is 3.87. The van der Waals surface area contributed by atoms with E-state index in [1.165, 1.54) is 59.7 Å². The molecule has 1 saturated carbocycles. The van der Waals surface area contributed by atoms with Crippen molar-refractivity contribution in [2.45, 2.75) is 72.3 Å². The molecule has 1 atom stereocenters. The molecule has 1 aliphatic rings. The minimum absolute atomic E-state index is 0.401. The lowest BCUT2D eigenvalue weighted by molar-refractivity contribution is 0.144. The Morgan fingerprint density at radius 2 is 1.81 bits per heavy atom. The summed E-state index contributed by atoms with van der Waals surface area (Å²) in [6.07, 6.45) is 8.08. The summed E-state index contributed by atoms with van der Waals surface area (Å²) in [5.74, 6) is 0. The largest absolute Gasteiger partial charge is 0.309 e. The second kappa shape index (κ2) is 7.28. The highest BCUT2D eigenvalue weighted by Gasteiger charge is 2.36. The fourth-order valence-electron chi connectivity index (χ4n) is 3.78. The minimum atomic E-state index is 0.401. The average Bonchev–Trinajstić information content (AvgIpc) is 2.45. The first-order valence-electron chi connectivity index (χ1n) is 8.48. The summed E-state index contributed by atoms with van der Waals surface area (Å²) in [4.78, 5) is 0. The first kappa shape index (κ1) is 17.0. The van der Waals surface area contributed by atoms with Crippen LogP contribution in [0.2, 0.25) is 0 Å². The predicted octanol–water partition coefficient (Wildman–Crippen LogP) is 6.08. The summed E-state index contributed by atoms with van der Waals surface area (Å²) in [6, 6.07) is 5.17. The van der Waals surface area contributed by atoms with Crippen LogP contribution >= 0.6 is 15.9 Å². The quantitative estimate of drug-likeness (QED) is 0.677. The van der Waals surface area contributed by atoms with Crippen LogP contribution in [0.25, 0.3) is 0 Å². The normalized spacial score (nSPS) is 19.5. The summed E-state index contributed by atoms with van der Waals surface area (Å²) in [6.45, 7) is 10.3. The third kappa shape index (κ3) is 3.90. The van der Waals surface area contributed by atoms with Gasteiger partial charge in [-0.05, 0) is 67.8 Å². The van der Waals surface area contributed by atoms with Crippen LogP contribution in [0.4, 0.5) is 0 Å². The lowest BCUT2D eigenvalue weighted by Gasteiger charge is -2.42. The van der Waals surface area contributed by atoms with Gasteiger partial charge in [-0.1, -0.05) is 55.1 Å². The monoisotopic (exact) mass is 351 g/mol. The van der Waals surface area contributed by atoms with Crippen LogP contribution in [0.5, 0.6) is 0 Å². The summed E-state index contributed by atoms with van der Waals surface area (Å²) in [5, 5.41) is 3.87. The maximum absolute atomic E-state index is 3.87. The van der Waals surface area contributed by atoms with E-state index in [1.807, 2.05) is 0 Å². The third-order valence-electron chi connectivity index (χ3n) is 5.15. The smallest absolute Gasteiger partial charge is 0.0377 e. The topological polar surface area (TPSA) is 12.0 Å². The van der Waals surface area contributed by atoms with E-state index in [2.05, 4.69) is 61.1 Å². The Hall–Kier alpha value is -0.340. The predicted molar refractivity (Wildman–Crippen MR) is 95.8 cm³/mol. The Morgan fingerprint density at radius 3 is 2.43 bits per heavy atom. The second-order valence-corrected chi connectivity index (χ2v) is 7.91. The molecule has 0 bridgehead atoms. The van der Waals surface area contributed by atoms with Crippen molar-refractivity contribution in [3.8, 4) is 0 Å². The number of aryl methyl sites for hydroxylation is 2. The van der Waals surface area contributed by atoms with Crippen molar-refractivity contribution in [1.29, 1.82) is 0 Å². The zero-order chi connectivity index (χ0) is 15.5. The first-order valence-corrected chi connectivity index (χ1v) is 9.27. The molecule has 21 heavy (non-hydrogen) atoms. The zero-order valence-corrected chi connectivity index (χ0v) is 15.6. The van der Waals surface area contributed by atoms with Gasteiger partial charge < -0.3 is 5.32 Å². The average molecular weight is 352 g/mol. The van der Waals surface area contributed by atoms with Crippen LogP contribution in [0, 0.1) is 19.3 Å². The fourth-order valence-corrected chi connectivity index (χ4v) is 4.24. The molecule has 1 aliphatic carbocycles. The fraction of sp³-hybridized carbons (Fsp3) is 0.684. The van der Waals surface area contributed by atoms with E-state index in [1.54, 1.807) is 0 Å². The van der Waals surface area contributed by atoms with E-state index in [0.29, 0.717) is 11.5 Å². The van der Waals surface area contributed by atoms with Gasteiger partial charge in [-0.2, -0.15) is 0 Å². The molecule has 0 amide bonds. The van der Waals surface area contributed by atoms with Crippen LogP contribution in [0.3, 0.4) is 0 Å². The molecule has 1 aromatic carbocycles. The van der Waals surface area contributed by atoms with Gasteiger partial charge in [0.05, 0.1) is 0 Å². The molecule has 0 spiro atoms. The van der Waals surface area contributed by atoms with Gasteiger partial charge in [0.1, 0.15) is 0 Å². The molecule has 118 valence electrons. The summed E-state index contributed by atoms with van der Waals surface area (Å²) < 4.78 is 1.23. The lowest BCUT2D eigenvalue weighted by atomic mass is 9.68. The lowest BCUT2D eigenvalue weighted by Crippen LogP contribution is -2.38. The molecule has 2 rings (SSSR count). The molecular weight excluding hydrogens is 322 g/mol. The Morgan fingerprint density at radius 1 is 1.14 bits per heavy atom. The molecule has 1 unspecified atom stereocenters. The molecular formula is C19H30BrN. The molecule has 1 nitrogen and oxygen atoms in total. The van der Waals surface area contributed by atoms with E-state index in [0.717, 1.165) is 6.54 Å². The van der Waals surface area contributed by atoms with Crippen molar-refractivity contribution in [1.82, 2.24) is 5.32 Å². The second-order valence-electron chi connectivity index (χ2n) is 7.06. The van der Waals surface area contributed by atoms with Crippen LogP contribution in [0.1, 0.15) is 75.1 Å². The van der Waals surface area contributed by atoms with E-state index in [-0.39, 0.29) is 0 Å². The van der Waals surface area contributed by atoms with E-state index in [9.17, 15) is 0 Å². The van der Waals surface area contributed by atoms with Gasteiger partial charge in [-0.3, -0.25) is 0 Å². The van der Waals surface area contributed by atoms with Crippen molar-refractivity contribution in [2.75, 3.05) is 6.54 Å². The molecule has 0 heterocycles. The highest BCUT2D eigenvalue weighted by molar-refractivity contribution is 9.10. The van der Waals surface area contributed by atoms with Crippen molar-refractivity contribution in [2.24, 2.45) is 5.41 Å². The highest BCUT2D eigenvalue weighted by atomic mass is 79.9. The van der Waals surface area contributed by atoms with E-state index >= 15 is 0 Å². The van der Waals surface area contributed by atoms with Crippen LogP contribution < -0.4 is 5.32 Å². The molecule has 0 aliphatic heterocycles. The first-order chi connectivity index (χ1) is 9.98. The Kier molecular flexibility index (Phi) is 5.90. The van der Waals surface area contributed by atoms with Gasteiger partial charge in [0.25, 0.3) is 0 Å². The standard InChI is InChI=1S/C19H30BrN/c1-5-11-21-18(19(4)9-7-6-8-10-19)16-12-15(3)17(20)13-14(16)2/h12-13,18,21H,5-11H2,1-4H3.